The van der Waals surface area contributed by atoms with Gasteiger partial charge in [-0.2, -0.15) is 0 Å². The van der Waals surface area contributed by atoms with E-state index < -0.39 is 24.3 Å². The molecule has 8 rings (SSSR count). The van der Waals surface area contributed by atoms with Crippen molar-refractivity contribution in [3.05, 3.63) is 66.4 Å². The number of benzene rings is 2. The maximum atomic E-state index is 14.0. The fourth-order valence-corrected chi connectivity index (χ4v) is 8.76. The van der Waals surface area contributed by atoms with E-state index in [0.717, 1.165) is 64.5 Å². The number of aromatic nitrogens is 5. The van der Waals surface area contributed by atoms with Crippen LogP contribution in [0.3, 0.4) is 0 Å². The predicted molar refractivity (Wildman–Crippen MR) is 219 cm³/mol. The van der Waals surface area contributed by atoms with Crippen LogP contribution < -0.4 is 10.6 Å². The van der Waals surface area contributed by atoms with Gasteiger partial charge in [0.1, 0.15) is 23.7 Å². The summed E-state index contributed by atoms with van der Waals surface area (Å²) in [6.07, 6.45) is 5.10. The first-order valence-corrected chi connectivity index (χ1v) is 20.5. The predicted octanol–water partition coefficient (Wildman–Crippen LogP) is 6.03. The van der Waals surface area contributed by atoms with Gasteiger partial charge in [-0.05, 0) is 85.4 Å². The number of fused-ring (bicyclic) bond motifs is 2. The lowest BCUT2D eigenvalue weighted by atomic mass is 9.90. The fourth-order valence-electron chi connectivity index (χ4n) is 8.76. The number of hydrogen-bond acceptors (Lipinski definition) is 10. The number of imidazole rings is 2. The average molecular weight is 806 g/mol. The van der Waals surface area contributed by atoms with Gasteiger partial charge in [-0.3, -0.25) is 9.59 Å². The van der Waals surface area contributed by atoms with E-state index in [-0.39, 0.29) is 35.7 Å². The molecule has 4 amide bonds. The summed E-state index contributed by atoms with van der Waals surface area (Å²) < 4.78 is 15.2. The summed E-state index contributed by atoms with van der Waals surface area (Å²) in [5, 5.41) is 7.60. The molecule has 5 aromatic rings. The Morgan fingerprint density at radius 3 is 2.10 bits per heavy atom. The minimum atomic E-state index is -0.705. The minimum absolute atomic E-state index is 0.0437. The van der Waals surface area contributed by atoms with Crippen LogP contribution in [-0.2, 0) is 23.8 Å². The lowest BCUT2D eigenvalue weighted by Gasteiger charge is -2.34. The number of rotatable bonds is 10. The third kappa shape index (κ3) is 8.18. The van der Waals surface area contributed by atoms with E-state index in [4.69, 9.17) is 29.2 Å². The van der Waals surface area contributed by atoms with E-state index >= 15 is 0 Å². The van der Waals surface area contributed by atoms with E-state index in [1.54, 1.807) is 6.20 Å². The average Bonchev–Trinajstić information content (AvgIpc) is 4.10. The molecule has 310 valence electrons. The Kier molecular flexibility index (Phi) is 11.5. The summed E-state index contributed by atoms with van der Waals surface area (Å²) in [4.78, 5) is 77.0. The molecule has 16 heteroatoms. The first-order valence-electron chi connectivity index (χ1n) is 20.5. The van der Waals surface area contributed by atoms with Crippen molar-refractivity contribution in [3.8, 4) is 22.5 Å². The van der Waals surface area contributed by atoms with Crippen LogP contribution >= 0.6 is 0 Å². The van der Waals surface area contributed by atoms with Crippen LogP contribution in [0.5, 0.6) is 0 Å². The second-order valence-corrected chi connectivity index (χ2v) is 15.9. The Labute approximate surface area is 341 Å². The van der Waals surface area contributed by atoms with Crippen LogP contribution in [0.15, 0.2) is 54.7 Å². The molecule has 4 N–H and O–H groups in total. The molecule has 2 aromatic carbocycles. The minimum Gasteiger partial charge on any atom is -0.453 e. The number of likely N-dealkylation sites (tertiary alicyclic amines) is 2. The van der Waals surface area contributed by atoms with Gasteiger partial charge in [0.15, 0.2) is 5.65 Å². The third-order valence-corrected chi connectivity index (χ3v) is 12.0. The van der Waals surface area contributed by atoms with Crippen molar-refractivity contribution in [2.45, 2.75) is 76.5 Å². The van der Waals surface area contributed by atoms with Crippen molar-refractivity contribution in [1.82, 2.24) is 45.4 Å². The van der Waals surface area contributed by atoms with E-state index in [0.29, 0.717) is 56.4 Å². The number of aromatic amines is 2. The molecule has 3 aliphatic rings. The number of pyridine rings is 1. The van der Waals surface area contributed by atoms with Crippen molar-refractivity contribution in [2.75, 3.05) is 40.5 Å². The van der Waals surface area contributed by atoms with Crippen LogP contribution in [0.25, 0.3) is 44.5 Å². The Bertz CT molecular complexity index is 2350. The van der Waals surface area contributed by atoms with Gasteiger partial charge in [0.2, 0.25) is 11.8 Å². The van der Waals surface area contributed by atoms with Gasteiger partial charge < -0.3 is 44.6 Å². The van der Waals surface area contributed by atoms with Crippen molar-refractivity contribution in [3.63, 3.8) is 0 Å². The number of amides is 4. The number of nitrogens with zero attached hydrogens (tertiary/aromatic N) is 5. The summed E-state index contributed by atoms with van der Waals surface area (Å²) in [6.45, 7) is 6.05. The van der Waals surface area contributed by atoms with Gasteiger partial charge >= 0.3 is 12.2 Å². The van der Waals surface area contributed by atoms with Gasteiger partial charge in [0.25, 0.3) is 0 Å². The van der Waals surface area contributed by atoms with Crippen LogP contribution in [0, 0.1) is 11.8 Å². The number of carbonyl (C=O) groups excluding carboxylic acids is 4. The van der Waals surface area contributed by atoms with Gasteiger partial charge in [-0.15, -0.1) is 0 Å². The first kappa shape index (κ1) is 39.8. The first-order chi connectivity index (χ1) is 28.6. The van der Waals surface area contributed by atoms with Gasteiger partial charge in [0, 0.05) is 37.4 Å². The Balaban J connectivity index is 0.979. The topological polar surface area (TPSA) is 197 Å². The fraction of sp³-hybridized carbons (Fsp3) is 0.465. The van der Waals surface area contributed by atoms with Gasteiger partial charge in [0.05, 0.1) is 49.4 Å². The molecular formula is C43H51N9O7. The van der Waals surface area contributed by atoms with E-state index in [1.807, 2.05) is 41.8 Å². The Morgan fingerprint density at radius 2 is 1.41 bits per heavy atom. The summed E-state index contributed by atoms with van der Waals surface area (Å²) in [7, 11) is 2.59. The summed E-state index contributed by atoms with van der Waals surface area (Å²) in [6, 6.07) is 14.5. The standard InChI is InChI=1S/C43H51N9O7/c1-24(2)35(48-42(55)57-3)40(53)51-17-5-7-33(51)38-44-23-32(47-38)29-12-10-26-21-28(11-9-27(26)22-29)30-13-14-31-37(45-30)50-39(46-31)34-8-6-18-52(34)41(54)36(49-43(56)58-4)25-15-19-59-20-16-25/h9-14,21-25,33-36H,5-8,15-20H2,1-4H3,(H,44,47)(H,48,55)(H,49,56)(H,45,46,50)/t33-,34-,35-,36-/m0/s1. The summed E-state index contributed by atoms with van der Waals surface area (Å²) >= 11 is 0. The SMILES string of the molecule is COC(=O)N[C@H](C(=O)N1CCC[C@H]1c1ncc(-c2ccc3cc(-c4ccc5[nH]c([C@@H]6CCCN6C(=O)[C@@H](NC(=O)OC)C6CCOCC6)nc5n4)ccc3c2)[nH]1)C(C)C. The third-order valence-electron chi connectivity index (χ3n) is 12.0. The molecule has 3 aromatic heterocycles. The Hall–Kier alpha value is -6.03. The molecule has 0 saturated carbocycles. The van der Waals surface area contributed by atoms with Crippen molar-refractivity contribution >= 4 is 45.9 Å². The number of H-pyrrole nitrogens is 2. The number of carbonyl (C=O) groups is 4. The second-order valence-electron chi connectivity index (χ2n) is 15.9. The zero-order chi connectivity index (χ0) is 41.2. The maximum Gasteiger partial charge on any atom is 0.407 e. The van der Waals surface area contributed by atoms with Crippen molar-refractivity contribution in [2.24, 2.45) is 11.8 Å². The monoisotopic (exact) mass is 805 g/mol. The summed E-state index contributed by atoms with van der Waals surface area (Å²) in [5.74, 6) is 0.952. The van der Waals surface area contributed by atoms with Gasteiger partial charge in [-0.1, -0.05) is 38.1 Å². The molecule has 3 fully saturated rings. The zero-order valence-corrected chi connectivity index (χ0v) is 33.8. The van der Waals surface area contributed by atoms with Crippen LogP contribution in [0.2, 0.25) is 0 Å². The molecule has 3 saturated heterocycles. The van der Waals surface area contributed by atoms with Crippen LogP contribution in [0.1, 0.15) is 76.1 Å². The van der Waals surface area contributed by atoms with Crippen molar-refractivity contribution < 1.29 is 33.4 Å². The highest BCUT2D eigenvalue weighted by atomic mass is 16.5. The molecule has 3 aliphatic heterocycles. The second kappa shape index (κ2) is 17.1. The summed E-state index contributed by atoms with van der Waals surface area (Å²) in [5.41, 5.74) is 4.88. The molecule has 0 spiro atoms. The number of methoxy groups -OCH3 is 2. The molecule has 16 nitrogen and oxygen atoms in total. The van der Waals surface area contributed by atoms with Crippen LogP contribution in [0.4, 0.5) is 9.59 Å². The number of ether oxygens (including phenoxy) is 3. The quantitative estimate of drug-likeness (QED) is 0.129. The Morgan fingerprint density at radius 1 is 0.763 bits per heavy atom. The molecule has 59 heavy (non-hydrogen) atoms. The zero-order valence-electron chi connectivity index (χ0n) is 33.8. The smallest absolute Gasteiger partial charge is 0.407 e. The lowest BCUT2D eigenvalue weighted by molar-refractivity contribution is -0.137. The lowest BCUT2D eigenvalue weighted by Crippen LogP contribution is -2.53. The van der Waals surface area contributed by atoms with Gasteiger partial charge in [-0.25, -0.2) is 24.5 Å². The molecule has 6 heterocycles. The molecule has 0 radical (unpaired) electrons. The largest absolute Gasteiger partial charge is 0.453 e. The molecular weight excluding hydrogens is 755 g/mol. The normalized spacial score (nSPS) is 19.6. The molecule has 4 atom stereocenters. The molecule has 0 unspecified atom stereocenters. The number of nitrogens with one attached hydrogen (secondary N) is 4. The highest BCUT2D eigenvalue weighted by molar-refractivity contribution is 5.91. The van der Waals surface area contributed by atoms with E-state index in [1.165, 1.54) is 14.2 Å². The van der Waals surface area contributed by atoms with Crippen molar-refractivity contribution in [1.29, 1.82) is 0 Å². The highest BCUT2D eigenvalue weighted by Crippen LogP contribution is 2.36. The highest BCUT2D eigenvalue weighted by Gasteiger charge is 2.41. The van der Waals surface area contributed by atoms with E-state index in [9.17, 15) is 19.2 Å². The maximum absolute atomic E-state index is 14.0. The number of hydrogen-bond donors (Lipinski definition) is 4. The number of alkyl carbamates (subject to hydrolysis) is 2. The molecule has 0 bridgehead atoms. The van der Waals surface area contributed by atoms with Crippen LogP contribution in [-0.4, -0.2) is 111 Å². The molecule has 0 aliphatic carbocycles. The van der Waals surface area contributed by atoms with E-state index in [2.05, 4.69) is 50.9 Å².